The van der Waals surface area contributed by atoms with Crippen molar-refractivity contribution in [1.29, 1.82) is 0 Å². The molecule has 0 bridgehead atoms. The fraction of sp³-hybridized carbons (Fsp3) is 0.500. The first-order valence-corrected chi connectivity index (χ1v) is 6.51. The minimum absolute atomic E-state index is 0.764. The van der Waals surface area contributed by atoms with Gasteiger partial charge in [-0.3, -0.25) is 4.79 Å². The molecule has 2 heterocycles. The van der Waals surface area contributed by atoms with Gasteiger partial charge in [-0.2, -0.15) is 0 Å². The first kappa shape index (κ1) is 11.5. The van der Waals surface area contributed by atoms with Crippen molar-refractivity contribution in [1.82, 2.24) is 9.80 Å². The minimum Gasteiger partial charge on any atom is -0.369 e. The smallest absolute Gasteiger partial charge is 0.210 e. The van der Waals surface area contributed by atoms with Crippen LogP contribution in [-0.4, -0.2) is 49.4 Å². The number of benzene rings is 1. The van der Waals surface area contributed by atoms with Gasteiger partial charge in [0.25, 0.3) is 0 Å². The topological polar surface area (TPSA) is 26.8 Å². The van der Waals surface area contributed by atoms with Crippen molar-refractivity contribution in [2.45, 2.75) is 13.1 Å². The highest BCUT2D eigenvalue weighted by molar-refractivity contribution is 5.56. The van der Waals surface area contributed by atoms with Crippen LogP contribution in [0.3, 0.4) is 0 Å². The Morgan fingerprint density at radius 1 is 1.06 bits per heavy atom. The zero-order chi connectivity index (χ0) is 12.5. The van der Waals surface area contributed by atoms with Crippen LogP contribution < -0.4 is 4.90 Å². The van der Waals surface area contributed by atoms with Crippen LogP contribution in [0.15, 0.2) is 18.2 Å². The van der Waals surface area contributed by atoms with Crippen molar-refractivity contribution in [2.75, 3.05) is 38.1 Å². The molecule has 1 aromatic carbocycles. The maximum atomic E-state index is 10.8. The van der Waals surface area contributed by atoms with Gasteiger partial charge < -0.3 is 14.7 Å². The summed E-state index contributed by atoms with van der Waals surface area (Å²) in [5, 5.41) is 0. The molecule has 0 aromatic heterocycles. The molecule has 4 nitrogen and oxygen atoms in total. The van der Waals surface area contributed by atoms with Crippen molar-refractivity contribution in [3.05, 3.63) is 29.3 Å². The van der Waals surface area contributed by atoms with Crippen LogP contribution in [0.25, 0.3) is 0 Å². The van der Waals surface area contributed by atoms with E-state index in [1.165, 1.54) is 16.8 Å². The van der Waals surface area contributed by atoms with Gasteiger partial charge in [0.05, 0.1) is 0 Å². The van der Waals surface area contributed by atoms with Crippen LogP contribution in [0.5, 0.6) is 0 Å². The van der Waals surface area contributed by atoms with Crippen molar-refractivity contribution in [2.24, 2.45) is 0 Å². The Hall–Kier alpha value is -1.55. The number of carbonyl (C=O) groups excluding carboxylic acids is 1. The number of carbonyl (C=O) groups is 1. The third-order valence-electron chi connectivity index (χ3n) is 3.95. The zero-order valence-electron chi connectivity index (χ0n) is 10.8. The minimum atomic E-state index is 0.764. The van der Waals surface area contributed by atoms with Crippen LogP contribution >= 0.6 is 0 Å². The Morgan fingerprint density at radius 3 is 2.50 bits per heavy atom. The number of anilines is 1. The van der Waals surface area contributed by atoms with Crippen LogP contribution in [0.1, 0.15) is 11.1 Å². The van der Waals surface area contributed by atoms with E-state index in [2.05, 4.69) is 35.0 Å². The maximum absolute atomic E-state index is 10.8. The number of nitrogens with zero attached hydrogens (tertiary/aromatic N) is 3. The molecule has 0 atom stereocenters. The van der Waals surface area contributed by atoms with E-state index >= 15 is 0 Å². The second kappa shape index (κ2) is 4.61. The van der Waals surface area contributed by atoms with Gasteiger partial charge in [0.1, 0.15) is 0 Å². The molecule has 18 heavy (non-hydrogen) atoms. The Kier molecular flexibility index (Phi) is 2.96. The molecule has 0 aliphatic carbocycles. The second-order valence-electron chi connectivity index (χ2n) is 5.25. The van der Waals surface area contributed by atoms with E-state index in [0.717, 1.165) is 45.7 Å². The fourth-order valence-corrected chi connectivity index (χ4v) is 2.74. The predicted molar refractivity (Wildman–Crippen MR) is 71.5 cm³/mol. The molecule has 0 N–H and O–H groups in total. The van der Waals surface area contributed by atoms with E-state index < -0.39 is 0 Å². The monoisotopic (exact) mass is 245 g/mol. The van der Waals surface area contributed by atoms with E-state index in [1.807, 2.05) is 4.90 Å². The largest absolute Gasteiger partial charge is 0.369 e. The molecule has 1 fully saturated rings. The summed E-state index contributed by atoms with van der Waals surface area (Å²) in [5.74, 6) is 0. The molecule has 1 amide bonds. The van der Waals surface area contributed by atoms with E-state index in [1.54, 1.807) is 0 Å². The normalized spacial score (nSPS) is 20.1. The van der Waals surface area contributed by atoms with Gasteiger partial charge in [0.2, 0.25) is 6.41 Å². The quantitative estimate of drug-likeness (QED) is 0.725. The number of hydrogen-bond acceptors (Lipinski definition) is 3. The van der Waals surface area contributed by atoms with Crippen LogP contribution in [0, 0.1) is 0 Å². The number of fused-ring (bicyclic) bond motifs is 1. The highest BCUT2D eigenvalue weighted by atomic mass is 16.1. The number of likely N-dealkylation sites (N-methyl/N-ethyl adjacent to an activating group) is 1. The zero-order valence-corrected chi connectivity index (χ0v) is 10.8. The number of piperazine rings is 1. The third kappa shape index (κ3) is 2.08. The van der Waals surface area contributed by atoms with E-state index in [-0.39, 0.29) is 0 Å². The van der Waals surface area contributed by atoms with Crippen molar-refractivity contribution >= 4 is 12.1 Å². The molecule has 1 aromatic rings. The SMILES string of the molecule is CN1CCN(c2ccc3c(c2)CN(C=O)C3)CC1. The molecular formula is C14H19N3O. The lowest BCUT2D eigenvalue weighted by Gasteiger charge is -2.34. The summed E-state index contributed by atoms with van der Waals surface area (Å²) in [6, 6.07) is 6.62. The van der Waals surface area contributed by atoms with Crippen molar-refractivity contribution < 1.29 is 4.79 Å². The van der Waals surface area contributed by atoms with Crippen LogP contribution in [-0.2, 0) is 17.9 Å². The second-order valence-corrected chi connectivity index (χ2v) is 5.25. The number of hydrogen-bond donors (Lipinski definition) is 0. The molecule has 4 heteroatoms. The van der Waals surface area contributed by atoms with Gasteiger partial charge in [-0.1, -0.05) is 6.07 Å². The Labute approximate surface area is 108 Å². The van der Waals surface area contributed by atoms with Crippen molar-refractivity contribution in [3.63, 3.8) is 0 Å². The highest BCUT2D eigenvalue weighted by Gasteiger charge is 2.20. The molecule has 0 unspecified atom stereocenters. The van der Waals surface area contributed by atoms with Crippen LogP contribution in [0.2, 0.25) is 0 Å². The highest BCUT2D eigenvalue weighted by Crippen LogP contribution is 2.27. The average Bonchev–Trinajstić information content (AvgIpc) is 2.81. The average molecular weight is 245 g/mol. The summed E-state index contributed by atoms with van der Waals surface area (Å²) in [6.45, 7) is 5.96. The maximum Gasteiger partial charge on any atom is 0.210 e. The van der Waals surface area contributed by atoms with Gasteiger partial charge in [-0.05, 0) is 30.3 Å². The van der Waals surface area contributed by atoms with E-state index in [9.17, 15) is 4.79 Å². The first-order chi connectivity index (χ1) is 8.76. The lowest BCUT2D eigenvalue weighted by atomic mass is 10.1. The summed E-state index contributed by atoms with van der Waals surface area (Å²) in [7, 11) is 2.17. The Bertz CT molecular complexity index is 452. The van der Waals surface area contributed by atoms with E-state index in [4.69, 9.17) is 0 Å². The molecule has 2 aliphatic rings. The number of amides is 1. The van der Waals surface area contributed by atoms with Gasteiger partial charge >= 0.3 is 0 Å². The summed E-state index contributed by atoms with van der Waals surface area (Å²) in [5.41, 5.74) is 3.90. The molecular weight excluding hydrogens is 226 g/mol. The standard InChI is InChI=1S/C14H19N3O/c1-15-4-6-17(7-5-15)14-3-2-12-9-16(11-18)10-13(12)8-14/h2-3,8,11H,4-7,9-10H2,1H3. The van der Waals surface area contributed by atoms with Crippen molar-refractivity contribution in [3.8, 4) is 0 Å². The molecule has 1 saturated heterocycles. The summed E-state index contributed by atoms with van der Waals surface area (Å²) >= 11 is 0. The van der Waals surface area contributed by atoms with Crippen LogP contribution in [0.4, 0.5) is 5.69 Å². The van der Waals surface area contributed by atoms with Gasteiger partial charge in [-0.25, -0.2) is 0 Å². The number of rotatable bonds is 2. The fourth-order valence-electron chi connectivity index (χ4n) is 2.74. The third-order valence-corrected chi connectivity index (χ3v) is 3.95. The summed E-state index contributed by atoms with van der Waals surface area (Å²) in [6.07, 6.45) is 0.940. The lowest BCUT2D eigenvalue weighted by molar-refractivity contribution is -0.118. The first-order valence-electron chi connectivity index (χ1n) is 6.51. The molecule has 0 spiro atoms. The Balaban J connectivity index is 1.77. The van der Waals surface area contributed by atoms with E-state index in [0.29, 0.717) is 0 Å². The molecule has 0 saturated carbocycles. The lowest BCUT2D eigenvalue weighted by Crippen LogP contribution is -2.44. The van der Waals surface area contributed by atoms with Gasteiger partial charge in [-0.15, -0.1) is 0 Å². The summed E-state index contributed by atoms with van der Waals surface area (Å²) in [4.78, 5) is 17.4. The Morgan fingerprint density at radius 2 is 1.78 bits per heavy atom. The summed E-state index contributed by atoms with van der Waals surface area (Å²) < 4.78 is 0. The molecule has 96 valence electrons. The molecule has 2 aliphatic heterocycles. The predicted octanol–water partition coefficient (Wildman–Crippen LogP) is 0.910. The van der Waals surface area contributed by atoms with Gasteiger partial charge in [0, 0.05) is 45.0 Å². The molecule has 3 rings (SSSR count). The van der Waals surface area contributed by atoms with Gasteiger partial charge in [0.15, 0.2) is 0 Å². The molecule has 0 radical (unpaired) electrons.